The summed E-state index contributed by atoms with van der Waals surface area (Å²) in [7, 11) is 0. The first-order valence-electron chi connectivity index (χ1n) is 10.4. The average molecular weight is 505 g/mol. The van der Waals surface area contributed by atoms with Crippen LogP contribution in [-0.4, -0.2) is 67.2 Å². The molecule has 182 valence electrons. The third-order valence-electron chi connectivity index (χ3n) is 5.91. The Labute approximate surface area is 202 Å². The van der Waals surface area contributed by atoms with Crippen molar-refractivity contribution in [3.63, 3.8) is 0 Å². The fourth-order valence-electron chi connectivity index (χ4n) is 4.31. The van der Waals surface area contributed by atoms with Gasteiger partial charge in [-0.15, -0.1) is 0 Å². The molecule has 0 radical (unpaired) electrons. The molecule has 0 aliphatic carbocycles. The van der Waals surface area contributed by atoms with Crippen molar-refractivity contribution < 1.29 is 18.8 Å². The maximum atomic E-state index is 13.4. The molecule has 2 aliphatic rings. The minimum absolute atomic E-state index is 0. The summed E-state index contributed by atoms with van der Waals surface area (Å²) in [6.45, 7) is 3.90. The highest BCUT2D eigenvalue weighted by Gasteiger charge is 2.35. The third-order valence-corrected chi connectivity index (χ3v) is 6.21. The van der Waals surface area contributed by atoms with Gasteiger partial charge in [-0.1, -0.05) is 6.07 Å². The van der Waals surface area contributed by atoms with E-state index in [0.29, 0.717) is 39.1 Å². The molecule has 0 amide bonds. The number of β-amino-alcohol motifs (C(OH)–C–C–N with tert-alkyl or cyclic N) is 1. The second-order valence-electron chi connectivity index (χ2n) is 8.83. The summed E-state index contributed by atoms with van der Waals surface area (Å²) in [5.41, 5.74) is 0.792. The summed E-state index contributed by atoms with van der Waals surface area (Å²) in [6.07, 6.45) is 1.59. The van der Waals surface area contributed by atoms with Crippen molar-refractivity contribution in [2.24, 2.45) is 0 Å². The molecule has 4 rings (SSSR count). The van der Waals surface area contributed by atoms with Crippen LogP contribution in [0.1, 0.15) is 31.0 Å². The molecule has 0 aromatic carbocycles. The Morgan fingerprint density at radius 3 is 2.58 bits per heavy atom. The zero-order valence-electron chi connectivity index (χ0n) is 18.2. The molecule has 2 aromatic rings. The minimum atomic E-state index is -2.59. The molecule has 33 heavy (non-hydrogen) atoms. The predicted octanol–water partition coefficient (Wildman–Crippen LogP) is 3.00. The molecule has 9 nitrogen and oxygen atoms in total. The van der Waals surface area contributed by atoms with E-state index >= 15 is 0 Å². The highest BCUT2D eigenvalue weighted by molar-refractivity contribution is 7.59. The summed E-state index contributed by atoms with van der Waals surface area (Å²) < 4.78 is 28.2. The normalized spacial score (nSPS) is 20.0. The lowest BCUT2D eigenvalue weighted by Crippen LogP contribution is -2.45. The number of aliphatic hydroxyl groups is 1. The number of hydrogen-bond acceptors (Lipinski definition) is 7. The van der Waals surface area contributed by atoms with Crippen LogP contribution in [0, 0.1) is 10.1 Å². The fourth-order valence-corrected chi connectivity index (χ4v) is 4.51. The summed E-state index contributed by atoms with van der Waals surface area (Å²) in [5, 5.41) is 21.7. The average Bonchev–Trinajstić information content (AvgIpc) is 3.07. The van der Waals surface area contributed by atoms with E-state index < -0.39 is 16.4 Å². The standard InChI is InChI=1S/C20H25ClF2N6O3.H2S/c1-19(30,13-28-11-17(29(31)32)25-18(28)21)12-26-7-4-15-14(10-26)2-3-16(24-15)27-8-5-20(22,23)6-9-27;/h2-3,11,30H,4-10,12-13H2,1H3;1H2/t19-;/m0./s1. The van der Waals surface area contributed by atoms with Crippen LogP contribution in [-0.2, 0) is 19.5 Å². The third kappa shape index (κ3) is 6.11. The van der Waals surface area contributed by atoms with Crippen LogP contribution < -0.4 is 4.90 Å². The largest absolute Gasteiger partial charge is 0.387 e. The molecule has 1 fully saturated rings. The number of aromatic nitrogens is 3. The zero-order chi connectivity index (χ0) is 23.1. The monoisotopic (exact) mass is 504 g/mol. The Bertz CT molecular complexity index is 1010. The van der Waals surface area contributed by atoms with Crippen LogP contribution in [0.25, 0.3) is 0 Å². The molecule has 2 aromatic heterocycles. The number of hydrogen-bond donors (Lipinski definition) is 1. The van der Waals surface area contributed by atoms with Gasteiger partial charge in [-0.05, 0) is 40.1 Å². The number of nitrogens with zero attached hydrogens (tertiary/aromatic N) is 6. The van der Waals surface area contributed by atoms with E-state index in [1.165, 1.54) is 10.8 Å². The highest BCUT2D eigenvalue weighted by atomic mass is 35.5. The number of imidazole rings is 1. The Morgan fingerprint density at radius 2 is 1.94 bits per heavy atom. The number of halogens is 3. The zero-order valence-corrected chi connectivity index (χ0v) is 19.9. The van der Waals surface area contributed by atoms with Crippen LogP contribution in [0.4, 0.5) is 20.4 Å². The molecule has 0 bridgehead atoms. The van der Waals surface area contributed by atoms with Crippen LogP contribution in [0.5, 0.6) is 0 Å². The summed E-state index contributed by atoms with van der Waals surface area (Å²) in [6, 6.07) is 3.84. The van der Waals surface area contributed by atoms with Crippen molar-refractivity contribution in [1.29, 1.82) is 0 Å². The fraction of sp³-hybridized carbons (Fsp3) is 0.600. The molecular formula is C20H27ClF2N6O3S. The van der Waals surface area contributed by atoms with Gasteiger partial charge in [-0.3, -0.25) is 9.47 Å². The van der Waals surface area contributed by atoms with Gasteiger partial charge >= 0.3 is 11.1 Å². The molecule has 0 saturated carbocycles. The van der Waals surface area contributed by atoms with Gasteiger partial charge in [0.15, 0.2) is 0 Å². The number of pyridine rings is 1. The van der Waals surface area contributed by atoms with Crippen LogP contribution in [0.15, 0.2) is 18.3 Å². The lowest BCUT2D eigenvalue weighted by Gasteiger charge is -2.36. The molecule has 4 heterocycles. The minimum Gasteiger partial charge on any atom is -0.387 e. The quantitative estimate of drug-likeness (QED) is 0.476. The van der Waals surface area contributed by atoms with Crippen molar-refractivity contribution in [3.05, 3.63) is 45.0 Å². The van der Waals surface area contributed by atoms with E-state index in [9.17, 15) is 24.0 Å². The van der Waals surface area contributed by atoms with E-state index in [0.717, 1.165) is 17.1 Å². The van der Waals surface area contributed by atoms with E-state index in [-0.39, 0.29) is 44.0 Å². The summed E-state index contributed by atoms with van der Waals surface area (Å²) >= 11 is 5.97. The van der Waals surface area contributed by atoms with Crippen LogP contribution in [0.2, 0.25) is 5.28 Å². The molecule has 1 N–H and O–H groups in total. The number of rotatable bonds is 6. The lowest BCUT2D eigenvalue weighted by atomic mass is 10.0. The molecule has 1 saturated heterocycles. The number of fused-ring (bicyclic) bond motifs is 1. The van der Waals surface area contributed by atoms with E-state index in [1.807, 2.05) is 17.0 Å². The number of alkyl halides is 2. The van der Waals surface area contributed by atoms with Crippen molar-refractivity contribution in [3.8, 4) is 0 Å². The predicted molar refractivity (Wildman–Crippen MR) is 125 cm³/mol. The molecule has 1 atom stereocenters. The van der Waals surface area contributed by atoms with E-state index in [1.54, 1.807) is 6.92 Å². The van der Waals surface area contributed by atoms with E-state index in [2.05, 4.69) is 9.88 Å². The van der Waals surface area contributed by atoms with Gasteiger partial charge in [0.2, 0.25) is 0 Å². The van der Waals surface area contributed by atoms with Gasteiger partial charge in [-0.25, -0.2) is 13.8 Å². The number of anilines is 1. The van der Waals surface area contributed by atoms with Crippen molar-refractivity contribution in [2.75, 3.05) is 31.1 Å². The number of piperidine rings is 1. The van der Waals surface area contributed by atoms with Gasteiger partial charge in [0, 0.05) is 57.7 Å². The maximum absolute atomic E-state index is 13.4. The van der Waals surface area contributed by atoms with Gasteiger partial charge in [0.05, 0.1) is 12.1 Å². The molecule has 0 spiro atoms. The SMILES string of the molecule is C[C@](O)(CN1CCc2nc(N3CCC(F)(F)CC3)ccc2C1)Cn1cc([N+](=O)[O-])nc1Cl.S. The first kappa shape index (κ1) is 25.6. The first-order valence-corrected chi connectivity index (χ1v) is 10.8. The topological polar surface area (TPSA) is 101 Å². The van der Waals surface area contributed by atoms with Crippen molar-refractivity contribution in [2.45, 2.75) is 50.8 Å². The molecular weight excluding hydrogens is 478 g/mol. The van der Waals surface area contributed by atoms with Crippen molar-refractivity contribution >= 4 is 36.7 Å². The second kappa shape index (κ2) is 9.69. The summed E-state index contributed by atoms with van der Waals surface area (Å²) in [5.74, 6) is -2.22. The van der Waals surface area contributed by atoms with Gasteiger partial charge in [0.25, 0.3) is 5.92 Å². The Balaban J connectivity index is 0.00000306. The first-order chi connectivity index (χ1) is 15.0. The number of nitro groups is 1. The van der Waals surface area contributed by atoms with Gasteiger partial charge in [-0.2, -0.15) is 13.5 Å². The Morgan fingerprint density at radius 1 is 1.24 bits per heavy atom. The Hall–Kier alpha value is -2.02. The van der Waals surface area contributed by atoms with E-state index in [4.69, 9.17) is 16.6 Å². The Kier molecular flexibility index (Phi) is 7.52. The van der Waals surface area contributed by atoms with Crippen LogP contribution >= 0.6 is 25.1 Å². The highest BCUT2D eigenvalue weighted by Crippen LogP contribution is 2.31. The molecule has 2 aliphatic heterocycles. The smallest absolute Gasteiger partial charge is 0.383 e. The maximum Gasteiger partial charge on any atom is 0.383 e. The summed E-state index contributed by atoms with van der Waals surface area (Å²) in [4.78, 5) is 22.6. The van der Waals surface area contributed by atoms with Gasteiger partial charge < -0.3 is 20.1 Å². The molecule has 13 heteroatoms. The van der Waals surface area contributed by atoms with Crippen LogP contribution in [0.3, 0.4) is 0 Å². The van der Waals surface area contributed by atoms with Gasteiger partial charge in [0.1, 0.15) is 12.0 Å². The lowest BCUT2D eigenvalue weighted by molar-refractivity contribution is -0.389. The molecule has 0 unspecified atom stereocenters. The second-order valence-corrected chi connectivity index (χ2v) is 9.17. The van der Waals surface area contributed by atoms with Crippen molar-refractivity contribution in [1.82, 2.24) is 19.4 Å².